The third-order valence-corrected chi connectivity index (χ3v) is 5.57. The molecule has 0 radical (unpaired) electrons. The molecule has 0 spiro atoms. The topological polar surface area (TPSA) is 63.7 Å². The molecule has 0 unspecified atom stereocenters. The van der Waals surface area contributed by atoms with Crippen molar-refractivity contribution in [2.45, 2.75) is 39.0 Å². The van der Waals surface area contributed by atoms with E-state index < -0.39 is 10.8 Å². The summed E-state index contributed by atoms with van der Waals surface area (Å²) in [6.45, 7) is 3.90. The summed E-state index contributed by atoms with van der Waals surface area (Å²) in [5.74, 6) is 1.79. The molecule has 0 N–H and O–H groups in total. The van der Waals surface area contributed by atoms with Gasteiger partial charge in [0, 0.05) is 53.8 Å². The Bertz CT molecular complexity index is 590. The zero-order valence-corrected chi connectivity index (χ0v) is 15.7. The van der Waals surface area contributed by atoms with Gasteiger partial charge in [-0.2, -0.15) is 0 Å². The summed E-state index contributed by atoms with van der Waals surface area (Å²) >= 11 is 0. The highest BCUT2D eigenvalue weighted by Gasteiger charge is 2.20. The van der Waals surface area contributed by atoms with Crippen LogP contribution in [0.25, 0.3) is 0 Å². The molecule has 5 nitrogen and oxygen atoms in total. The van der Waals surface area contributed by atoms with E-state index in [9.17, 15) is 13.8 Å². The summed E-state index contributed by atoms with van der Waals surface area (Å²) in [5.41, 5.74) is 0.605. The number of carbonyl (C=O) groups is 2. The minimum absolute atomic E-state index is 0.0269. The Hall–Kier alpha value is -1.69. The van der Waals surface area contributed by atoms with Gasteiger partial charge in [0.1, 0.15) is 5.75 Å². The van der Waals surface area contributed by atoms with Crippen molar-refractivity contribution in [2.75, 3.05) is 31.2 Å². The van der Waals surface area contributed by atoms with E-state index in [1.807, 2.05) is 0 Å². The molecule has 1 aliphatic heterocycles. The largest absolute Gasteiger partial charge is 0.494 e. The molecule has 1 amide bonds. The van der Waals surface area contributed by atoms with E-state index in [2.05, 4.69) is 6.92 Å². The molecule has 1 aromatic carbocycles. The predicted octanol–water partition coefficient (Wildman–Crippen LogP) is 2.81. The minimum atomic E-state index is -0.799. The number of amides is 1. The molecule has 1 aliphatic rings. The molecule has 6 heteroatoms. The number of Topliss-reactive ketones (excluding diaryl/α,β-unsaturated/α-hetero) is 1. The molecule has 1 saturated heterocycles. The highest BCUT2D eigenvalue weighted by molar-refractivity contribution is 7.85. The van der Waals surface area contributed by atoms with Gasteiger partial charge in [-0.05, 0) is 30.7 Å². The Morgan fingerprint density at radius 2 is 1.76 bits per heavy atom. The Labute approximate surface area is 152 Å². The third kappa shape index (κ3) is 6.61. The lowest BCUT2D eigenvalue weighted by Gasteiger charge is -2.26. The monoisotopic (exact) mass is 365 g/mol. The fraction of sp³-hybridized carbons (Fsp3) is 0.579. The lowest BCUT2D eigenvalue weighted by atomic mass is 10.1. The van der Waals surface area contributed by atoms with Gasteiger partial charge >= 0.3 is 0 Å². The Kier molecular flexibility index (Phi) is 8.12. The fourth-order valence-corrected chi connectivity index (χ4v) is 3.74. The lowest BCUT2D eigenvalue weighted by molar-refractivity contribution is -0.130. The molecule has 2 rings (SSSR count). The molecule has 138 valence electrons. The van der Waals surface area contributed by atoms with Crippen molar-refractivity contribution in [3.8, 4) is 5.75 Å². The molecule has 25 heavy (non-hydrogen) atoms. The van der Waals surface area contributed by atoms with Crippen LogP contribution in [0.5, 0.6) is 5.75 Å². The van der Waals surface area contributed by atoms with Crippen molar-refractivity contribution in [3.63, 3.8) is 0 Å². The molecule has 0 aliphatic carbocycles. The number of carbonyl (C=O) groups excluding carboxylic acids is 2. The molecule has 0 bridgehead atoms. The quantitative estimate of drug-likeness (QED) is 0.499. The van der Waals surface area contributed by atoms with Gasteiger partial charge < -0.3 is 9.64 Å². The molecule has 1 fully saturated rings. The SMILES string of the molecule is CCCCCOc1ccc(C(=O)CCC(=O)N2CCS(=O)CC2)cc1. The number of unbranched alkanes of at least 4 members (excludes halogenated alkanes) is 2. The first kappa shape index (κ1) is 19.6. The summed E-state index contributed by atoms with van der Waals surface area (Å²) in [6, 6.07) is 7.12. The lowest BCUT2D eigenvalue weighted by Crippen LogP contribution is -2.41. The van der Waals surface area contributed by atoms with Gasteiger partial charge in [0.2, 0.25) is 5.91 Å². The van der Waals surface area contributed by atoms with Crippen molar-refractivity contribution in [1.29, 1.82) is 0 Å². The van der Waals surface area contributed by atoms with Crippen LogP contribution < -0.4 is 4.74 Å². The second kappa shape index (κ2) is 10.3. The fourth-order valence-electron chi connectivity index (χ4n) is 2.69. The van der Waals surface area contributed by atoms with Crippen LogP contribution in [-0.4, -0.2) is 52.0 Å². The molecule has 0 saturated carbocycles. The van der Waals surface area contributed by atoms with Crippen LogP contribution in [0, 0.1) is 0 Å². The van der Waals surface area contributed by atoms with E-state index in [0.29, 0.717) is 36.8 Å². The van der Waals surface area contributed by atoms with Crippen LogP contribution in [0.1, 0.15) is 49.4 Å². The van der Waals surface area contributed by atoms with Crippen molar-refractivity contribution in [1.82, 2.24) is 4.90 Å². The number of ketones is 1. The molecular weight excluding hydrogens is 338 g/mol. The Balaban J connectivity index is 1.74. The van der Waals surface area contributed by atoms with E-state index in [1.165, 1.54) is 0 Å². The normalized spacial score (nSPS) is 15.2. The number of nitrogens with zero attached hydrogens (tertiary/aromatic N) is 1. The van der Waals surface area contributed by atoms with Crippen LogP contribution in [-0.2, 0) is 15.6 Å². The zero-order valence-electron chi connectivity index (χ0n) is 14.9. The van der Waals surface area contributed by atoms with Crippen molar-refractivity contribution in [3.05, 3.63) is 29.8 Å². The van der Waals surface area contributed by atoms with Gasteiger partial charge in [-0.3, -0.25) is 13.8 Å². The van der Waals surface area contributed by atoms with Crippen LogP contribution in [0.15, 0.2) is 24.3 Å². The van der Waals surface area contributed by atoms with Crippen molar-refractivity contribution in [2.24, 2.45) is 0 Å². The van der Waals surface area contributed by atoms with E-state index in [1.54, 1.807) is 29.2 Å². The molecule has 1 aromatic rings. The van der Waals surface area contributed by atoms with Crippen LogP contribution in [0.4, 0.5) is 0 Å². The zero-order chi connectivity index (χ0) is 18.1. The maximum absolute atomic E-state index is 12.2. The summed E-state index contributed by atoms with van der Waals surface area (Å²) in [6.07, 6.45) is 3.75. The van der Waals surface area contributed by atoms with Gasteiger partial charge in [-0.1, -0.05) is 19.8 Å². The number of benzene rings is 1. The maximum atomic E-state index is 12.2. The van der Waals surface area contributed by atoms with E-state index in [0.717, 1.165) is 25.0 Å². The Morgan fingerprint density at radius 1 is 1.08 bits per heavy atom. The van der Waals surface area contributed by atoms with Crippen molar-refractivity contribution >= 4 is 22.5 Å². The standard InChI is InChI=1S/C19H27NO4S/c1-2-3-4-13-24-17-7-5-16(6-8-17)18(21)9-10-19(22)20-11-14-25(23)15-12-20/h5-8H,2-4,9-15H2,1H3. The molecule has 0 atom stereocenters. The van der Waals surface area contributed by atoms with Crippen LogP contribution >= 0.6 is 0 Å². The first-order chi connectivity index (χ1) is 12.1. The summed E-state index contributed by atoms with van der Waals surface area (Å²) < 4.78 is 16.9. The highest BCUT2D eigenvalue weighted by Crippen LogP contribution is 2.15. The van der Waals surface area contributed by atoms with Crippen LogP contribution in [0.3, 0.4) is 0 Å². The molecule has 0 aromatic heterocycles. The predicted molar refractivity (Wildman–Crippen MR) is 99.5 cm³/mol. The second-order valence-electron chi connectivity index (χ2n) is 6.23. The third-order valence-electron chi connectivity index (χ3n) is 4.29. The van der Waals surface area contributed by atoms with Crippen LogP contribution in [0.2, 0.25) is 0 Å². The van der Waals surface area contributed by atoms with Gasteiger partial charge in [0.15, 0.2) is 5.78 Å². The molecular formula is C19H27NO4S. The highest BCUT2D eigenvalue weighted by atomic mass is 32.2. The smallest absolute Gasteiger partial charge is 0.223 e. The van der Waals surface area contributed by atoms with E-state index in [4.69, 9.17) is 4.74 Å². The average Bonchev–Trinajstić information content (AvgIpc) is 2.64. The van der Waals surface area contributed by atoms with Gasteiger partial charge in [0.05, 0.1) is 6.61 Å². The summed E-state index contributed by atoms with van der Waals surface area (Å²) in [7, 11) is -0.799. The van der Waals surface area contributed by atoms with Gasteiger partial charge in [-0.15, -0.1) is 0 Å². The van der Waals surface area contributed by atoms with E-state index in [-0.39, 0.29) is 24.5 Å². The second-order valence-corrected chi connectivity index (χ2v) is 7.93. The minimum Gasteiger partial charge on any atom is -0.494 e. The first-order valence-electron chi connectivity index (χ1n) is 8.99. The summed E-state index contributed by atoms with van der Waals surface area (Å²) in [5, 5.41) is 0. The maximum Gasteiger partial charge on any atom is 0.223 e. The van der Waals surface area contributed by atoms with E-state index >= 15 is 0 Å². The number of hydrogen-bond acceptors (Lipinski definition) is 4. The number of hydrogen-bond donors (Lipinski definition) is 0. The van der Waals surface area contributed by atoms with Gasteiger partial charge in [0.25, 0.3) is 0 Å². The van der Waals surface area contributed by atoms with Crippen molar-refractivity contribution < 1.29 is 18.5 Å². The van der Waals surface area contributed by atoms with Gasteiger partial charge in [-0.25, -0.2) is 0 Å². The number of rotatable bonds is 9. The summed E-state index contributed by atoms with van der Waals surface area (Å²) in [4.78, 5) is 26.1. The molecule has 1 heterocycles. The number of ether oxygens (including phenoxy) is 1. The Morgan fingerprint density at radius 3 is 2.40 bits per heavy atom. The first-order valence-corrected chi connectivity index (χ1v) is 10.5. The average molecular weight is 365 g/mol.